The summed E-state index contributed by atoms with van der Waals surface area (Å²) in [7, 11) is 0. The van der Waals surface area contributed by atoms with Gasteiger partial charge in [-0.2, -0.15) is 0 Å². The van der Waals surface area contributed by atoms with E-state index in [0.29, 0.717) is 6.04 Å². The quantitative estimate of drug-likeness (QED) is 0.732. The average molecular weight is 252 g/mol. The maximum absolute atomic E-state index is 5.90. The van der Waals surface area contributed by atoms with Crippen LogP contribution in [-0.4, -0.2) is 23.4 Å². The second kappa shape index (κ2) is 6.42. The highest BCUT2D eigenvalue weighted by atomic mass is 35.5. The van der Waals surface area contributed by atoms with Crippen molar-refractivity contribution >= 4 is 11.6 Å². The Morgan fingerprint density at radius 2 is 2.00 bits per heavy atom. The summed E-state index contributed by atoms with van der Waals surface area (Å²) in [4.78, 5) is 2.61. The minimum Gasteiger partial charge on any atom is -0.296 e. The van der Waals surface area contributed by atoms with E-state index in [1.165, 1.54) is 36.9 Å². The fourth-order valence-corrected chi connectivity index (χ4v) is 2.90. The standard InChI is InChI=1S/C15H22ClN/c1-13-5-7-14(8-6-13)12-17-11-3-2-4-15(17)9-10-16/h5-8,15H,2-4,9-12H2,1H3. The van der Waals surface area contributed by atoms with Gasteiger partial charge in [0.1, 0.15) is 0 Å². The lowest BCUT2D eigenvalue weighted by molar-refractivity contribution is 0.137. The van der Waals surface area contributed by atoms with Gasteiger partial charge in [0.15, 0.2) is 0 Å². The molecule has 1 saturated heterocycles. The molecular formula is C15H22ClN. The third-order valence-corrected chi connectivity index (χ3v) is 3.92. The molecule has 0 amide bonds. The Hall–Kier alpha value is -0.530. The summed E-state index contributed by atoms with van der Waals surface area (Å²) >= 11 is 5.90. The molecule has 1 nitrogen and oxygen atoms in total. The molecule has 1 atom stereocenters. The number of benzene rings is 1. The molecule has 0 bridgehead atoms. The van der Waals surface area contributed by atoms with E-state index in [9.17, 15) is 0 Å². The second-order valence-corrected chi connectivity index (χ2v) is 5.46. The monoisotopic (exact) mass is 251 g/mol. The van der Waals surface area contributed by atoms with Gasteiger partial charge in [-0.1, -0.05) is 36.2 Å². The van der Waals surface area contributed by atoms with E-state index in [0.717, 1.165) is 18.8 Å². The van der Waals surface area contributed by atoms with E-state index in [1.54, 1.807) is 0 Å². The fraction of sp³-hybridized carbons (Fsp3) is 0.600. The molecule has 1 aliphatic heterocycles. The highest BCUT2D eigenvalue weighted by Crippen LogP contribution is 2.22. The zero-order chi connectivity index (χ0) is 12.1. The topological polar surface area (TPSA) is 3.24 Å². The van der Waals surface area contributed by atoms with Gasteiger partial charge in [0.2, 0.25) is 0 Å². The van der Waals surface area contributed by atoms with Gasteiger partial charge in [0.05, 0.1) is 0 Å². The van der Waals surface area contributed by atoms with Crippen LogP contribution in [0.1, 0.15) is 36.8 Å². The molecule has 1 fully saturated rings. The van der Waals surface area contributed by atoms with Gasteiger partial charge >= 0.3 is 0 Å². The predicted molar refractivity (Wildman–Crippen MR) is 74.6 cm³/mol. The maximum atomic E-state index is 5.90. The molecule has 2 heteroatoms. The summed E-state index contributed by atoms with van der Waals surface area (Å²) in [6.45, 7) is 4.46. The molecule has 1 aromatic carbocycles. The number of likely N-dealkylation sites (tertiary alicyclic amines) is 1. The largest absolute Gasteiger partial charge is 0.296 e. The molecule has 1 aromatic rings. The van der Waals surface area contributed by atoms with Crippen molar-refractivity contribution in [3.63, 3.8) is 0 Å². The van der Waals surface area contributed by atoms with Crippen molar-refractivity contribution in [2.75, 3.05) is 12.4 Å². The average Bonchev–Trinajstić information content (AvgIpc) is 2.35. The predicted octanol–water partition coefficient (Wildman–Crippen LogP) is 3.98. The Morgan fingerprint density at radius 3 is 2.71 bits per heavy atom. The first-order valence-corrected chi connectivity index (χ1v) is 7.18. The van der Waals surface area contributed by atoms with E-state index < -0.39 is 0 Å². The van der Waals surface area contributed by atoms with Crippen molar-refractivity contribution in [2.45, 2.75) is 45.2 Å². The van der Waals surface area contributed by atoms with Crippen LogP contribution in [0.2, 0.25) is 0 Å². The van der Waals surface area contributed by atoms with Crippen molar-refractivity contribution in [2.24, 2.45) is 0 Å². The van der Waals surface area contributed by atoms with Gasteiger partial charge in [0.25, 0.3) is 0 Å². The lowest BCUT2D eigenvalue weighted by Crippen LogP contribution is -2.39. The van der Waals surface area contributed by atoms with Crippen LogP contribution in [0.15, 0.2) is 24.3 Å². The van der Waals surface area contributed by atoms with Gasteiger partial charge in [-0.25, -0.2) is 0 Å². The molecule has 0 aromatic heterocycles. The zero-order valence-electron chi connectivity index (χ0n) is 10.7. The molecular weight excluding hydrogens is 230 g/mol. The summed E-state index contributed by atoms with van der Waals surface area (Å²) in [5.41, 5.74) is 2.77. The van der Waals surface area contributed by atoms with Crippen molar-refractivity contribution in [3.8, 4) is 0 Å². The van der Waals surface area contributed by atoms with E-state index in [-0.39, 0.29) is 0 Å². The first-order chi connectivity index (χ1) is 8.29. The van der Waals surface area contributed by atoms with E-state index in [4.69, 9.17) is 11.6 Å². The zero-order valence-corrected chi connectivity index (χ0v) is 11.4. The van der Waals surface area contributed by atoms with Crippen molar-refractivity contribution < 1.29 is 0 Å². The first kappa shape index (κ1) is 12.9. The lowest BCUT2D eigenvalue weighted by atomic mass is 9.99. The summed E-state index contributed by atoms with van der Waals surface area (Å²) in [6.07, 6.45) is 5.16. The SMILES string of the molecule is Cc1ccc(CN2CCCCC2CCCl)cc1. The Balaban J connectivity index is 1.97. The number of piperidine rings is 1. The van der Waals surface area contributed by atoms with Gasteiger partial charge in [0, 0.05) is 18.5 Å². The van der Waals surface area contributed by atoms with Gasteiger partial charge in [-0.05, 0) is 38.3 Å². The molecule has 1 heterocycles. The Bertz CT molecular complexity index is 331. The number of hydrogen-bond acceptors (Lipinski definition) is 1. The molecule has 0 radical (unpaired) electrons. The Labute approximate surface area is 110 Å². The normalized spacial score (nSPS) is 21.6. The number of rotatable bonds is 4. The van der Waals surface area contributed by atoms with Gasteiger partial charge in [-0.3, -0.25) is 4.90 Å². The van der Waals surface area contributed by atoms with Crippen LogP contribution in [0.5, 0.6) is 0 Å². The number of hydrogen-bond donors (Lipinski definition) is 0. The molecule has 1 unspecified atom stereocenters. The van der Waals surface area contributed by atoms with E-state index in [2.05, 4.69) is 36.1 Å². The third kappa shape index (κ3) is 3.72. The van der Waals surface area contributed by atoms with Crippen molar-refractivity contribution in [1.82, 2.24) is 4.90 Å². The highest BCUT2D eigenvalue weighted by Gasteiger charge is 2.21. The second-order valence-electron chi connectivity index (χ2n) is 5.08. The number of nitrogens with zero attached hydrogens (tertiary/aromatic N) is 1. The lowest BCUT2D eigenvalue weighted by Gasteiger charge is -2.35. The Morgan fingerprint density at radius 1 is 1.24 bits per heavy atom. The Kier molecular flexibility index (Phi) is 4.87. The summed E-state index contributed by atoms with van der Waals surface area (Å²) in [6, 6.07) is 9.61. The number of halogens is 1. The molecule has 94 valence electrons. The van der Waals surface area contributed by atoms with Crippen molar-refractivity contribution in [3.05, 3.63) is 35.4 Å². The molecule has 0 aliphatic carbocycles. The molecule has 0 N–H and O–H groups in total. The molecule has 0 saturated carbocycles. The summed E-state index contributed by atoms with van der Waals surface area (Å²) in [5.74, 6) is 0.787. The van der Waals surface area contributed by atoms with Crippen molar-refractivity contribution in [1.29, 1.82) is 0 Å². The third-order valence-electron chi connectivity index (χ3n) is 3.70. The summed E-state index contributed by atoms with van der Waals surface area (Å²) < 4.78 is 0. The summed E-state index contributed by atoms with van der Waals surface area (Å²) in [5, 5.41) is 0. The van der Waals surface area contributed by atoms with Gasteiger partial charge in [-0.15, -0.1) is 11.6 Å². The van der Waals surface area contributed by atoms with Gasteiger partial charge < -0.3 is 0 Å². The van der Waals surface area contributed by atoms with Crippen LogP contribution in [0.3, 0.4) is 0 Å². The first-order valence-electron chi connectivity index (χ1n) is 6.65. The minimum atomic E-state index is 0.697. The smallest absolute Gasteiger partial charge is 0.0238 e. The highest BCUT2D eigenvalue weighted by molar-refractivity contribution is 6.17. The maximum Gasteiger partial charge on any atom is 0.0238 e. The van der Waals surface area contributed by atoms with E-state index >= 15 is 0 Å². The molecule has 0 spiro atoms. The van der Waals surface area contributed by atoms with Crippen LogP contribution in [0.4, 0.5) is 0 Å². The van der Waals surface area contributed by atoms with Crippen LogP contribution in [0.25, 0.3) is 0 Å². The van der Waals surface area contributed by atoms with E-state index in [1.807, 2.05) is 0 Å². The minimum absolute atomic E-state index is 0.697. The molecule has 2 rings (SSSR count). The number of aryl methyl sites for hydroxylation is 1. The molecule has 17 heavy (non-hydrogen) atoms. The van der Waals surface area contributed by atoms with Crippen LogP contribution in [-0.2, 0) is 6.54 Å². The molecule has 1 aliphatic rings. The number of alkyl halides is 1. The van der Waals surface area contributed by atoms with Crippen LogP contribution in [0, 0.1) is 6.92 Å². The van der Waals surface area contributed by atoms with Crippen LogP contribution < -0.4 is 0 Å². The fourth-order valence-electron chi connectivity index (χ4n) is 2.65. The van der Waals surface area contributed by atoms with Crippen LogP contribution >= 0.6 is 11.6 Å².